The smallest absolute Gasteiger partial charge is 0.170 e. The summed E-state index contributed by atoms with van der Waals surface area (Å²) in [4.78, 5) is 17.1. The van der Waals surface area contributed by atoms with E-state index in [1.54, 1.807) is 12.2 Å². The summed E-state index contributed by atoms with van der Waals surface area (Å²) in [5.41, 5.74) is 2.55. The Balaban J connectivity index is 2.34. The molecule has 0 spiro atoms. The number of fused-ring (bicyclic) bond motifs is 1. The zero-order valence-electron chi connectivity index (χ0n) is 19.9. The minimum Gasteiger partial charge on any atom is -0.508 e. The number of hydrogen-bond donors (Lipinski definition) is 1. The quantitative estimate of drug-likeness (QED) is 0.409. The number of unbranched alkanes of at least 4 members (excludes halogenated alkanes) is 2. The number of rotatable bonds is 7. The number of Topliss-reactive ketones (excluding diaryl/α,β-unsaturated/α-hetero) is 1. The van der Waals surface area contributed by atoms with E-state index in [9.17, 15) is 14.1 Å². The maximum Gasteiger partial charge on any atom is 0.170 e. The Morgan fingerprint density at radius 1 is 1.12 bits per heavy atom. The van der Waals surface area contributed by atoms with Crippen molar-refractivity contribution in [1.82, 2.24) is 0 Å². The normalized spacial score (nSPS) is 24.6. The van der Waals surface area contributed by atoms with Gasteiger partial charge in [0, 0.05) is 47.0 Å². The second kappa shape index (κ2) is 9.70. The van der Waals surface area contributed by atoms with Crippen molar-refractivity contribution >= 4 is 32.4 Å². The molecule has 0 fully saturated rings. The summed E-state index contributed by atoms with van der Waals surface area (Å²) >= 11 is 0. The van der Waals surface area contributed by atoms with E-state index in [-0.39, 0.29) is 11.5 Å². The maximum absolute atomic E-state index is 14.4. The lowest BCUT2D eigenvalue weighted by molar-refractivity contribution is -0.122. The Morgan fingerprint density at radius 2 is 1.78 bits per heavy atom. The van der Waals surface area contributed by atoms with Crippen molar-refractivity contribution in [1.29, 1.82) is 0 Å². The fourth-order valence-corrected chi connectivity index (χ4v) is 7.21. The molecule has 32 heavy (non-hydrogen) atoms. The summed E-state index contributed by atoms with van der Waals surface area (Å²) in [6.45, 7) is 4.26. The highest BCUT2D eigenvalue weighted by Gasteiger charge is 2.45. The monoisotopic (exact) mass is 455 g/mol. The number of aliphatic hydroxyl groups excluding tert-OH is 1. The Bertz CT molecular complexity index is 1070. The van der Waals surface area contributed by atoms with Gasteiger partial charge in [-0.3, -0.25) is 9.00 Å². The number of hydrogen-bond acceptors (Lipinski definition) is 4. The van der Waals surface area contributed by atoms with Crippen molar-refractivity contribution in [2.45, 2.75) is 63.7 Å². The lowest BCUT2D eigenvalue weighted by atomic mass is 9.71. The molecule has 0 saturated heterocycles. The minimum atomic E-state index is -2.67. The second-order valence-electron chi connectivity index (χ2n) is 9.41. The lowest BCUT2D eigenvalue weighted by Gasteiger charge is -2.33. The van der Waals surface area contributed by atoms with Gasteiger partial charge in [-0.1, -0.05) is 45.6 Å². The lowest BCUT2D eigenvalue weighted by Crippen LogP contribution is -2.37. The average Bonchev–Trinajstić information content (AvgIpc) is 2.83. The molecule has 0 amide bonds. The van der Waals surface area contributed by atoms with E-state index >= 15 is 0 Å². The predicted octanol–water partition coefficient (Wildman–Crippen LogP) is 5.93. The van der Waals surface area contributed by atoms with Gasteiger partial charge in [0.15, 0.2) is 5.78 Å². The van der Waals surface area contributed by atoms with Crippen LogP contribution in [0.15, 0.2) is 52.7 Å². The van der Waals surface area contributed by atoms with Gasteiger partial charge >= 0.3 is 0 Å². The van der Waals surface area contributed by atoms with Crippen molar-refractivity contribution in [3.63, 3.8) is 0 Å². The number of nitrogens with zero attached hydrogens (tertiary/aromatic N) is 1. The van der Waals surface area contributed by atoms with Crippen LogP contribution >= 0.6 is 0 Å². The average molecular weight is 456 g/mol. The zero-order valence-corrected chi connectivity index (χ0v) is 20.8. The molecule has 1 atom stereocenters. The molecule has 1 aliphatic heterocycles. The molecule has 1 unspecified atom stereocenters. The molecular weight excluding hydrogens is 418 g/mol. The fourth-order valence-electron chi connectivity index (χ4n) is 4.86. The molecular formula is C27H37NO3S. The van der Waals surface area contributed by atoms with Gasteiger partial charge < -0.3 is 10.0 Å². The number of benzene rings is 1. The molecule has 1 aromatic carbocycles. The van der Waals surface area contributed by atoms with Crippen molar-refractivity contribution < 1.29 is 14.1 Å². The van der Waals surface area contributed by atoms with E-state index in [4.69, 9.17) is 0 Å². The molecule has 0 saturated carbocycles. The number of anilines is 1. The van der Waals surface area contributed by atoms with E-state index < -0.39 is 14.9 Å². The molecule has 174 valence electrons. The van der Waals surface area contributed by atoms with E-state index in [1.165, 1.54) is 0 Å². The van der Waals surface area contributed by atoms with E-state index in [2.05, 4.69) is 19.7 Å². The number of aliphatic hydroxyl groups is 1. The highest BCUT2D eigenvalue weighted by Crippen LogP contribution is 2.46. The summed E-state index contributed by atoms with van der Waals surface area (Å²) in [5.74, 6) is 4.82. The summed E-state index contributed by atoms with van der Waals surface area (Å²) in [7, 11) is 1.25. The Labute approximate surface area is 193 Å². The standard InChI is InChI=1S/C27H37NO3S/c1-6-8-16-27(17-9-7-2)19-32(5,31)24-15-12-21(28(3)4)18-23(24)25(26(27)30)20-10-13-22(29)14-11-20/h10,12-15,18,29H,5-9,11,16-17,19H2,1-4H3/b25-20+. The topological polar surface area (TPSA) is 57.6 Å². The van der Waals surface area contributed by atoms with Gasteiger partial charge in [0.25, 0.3) is 0 Å². The maximum atomic E-state index is 14.4. The van der Waals surface area contributed by atoms with Crippen molar-refractivity contribution in [3.8, 4) is 0 Å². The first kappa shape index (κ1) is 24.4. The van der Waals surface area contributed by atoms with Crippen molar-refractivity contribution in [3.05, 3.63) is 53.3 Å². The van der Waals surface area contributed by atoms with Gasteiger partial charge in [0.05, 0.1) is 0 Å². The molecule has 3 rings (SSSR count). The first-order chi connectivity index (χ1) is 15.1. The highest BCUT2D eigenvalue weighted by molar-refractivity contribution is 8.00. The van der Waals surface area contributed by atoms with Gasteiger partial charge in [-0.15, -0.1) is 0 Å². The Morgan fingerprint density at radius 3 is 2.31 bits per heavy atom. The number of carbonyl (C=O) groups is 1. The van der Waals surface area contributed by atoms with Crippen molar-refractivity contribution in [2.24, 2.45) is 5.41 Å². The molecule has 1 heterocycles. The van der Waals surface area contributed by atoms with Gasteiger partial charge in [-0.25, -0.2) is 0 Å². The van der Waals surface area contributed by atoms with Crippen LogP contribution in [0.2, 0.25) is 0 Å². The van der Waals surface area contributed by atoms with Crippen molar-refractivity contribution in [2.75, 3.05) is 24.7 Å². The number of ketones is 1. The number of allylic oxidation sites excluding steroid dienone is 5. The molecule has 5 heteroatoms. The van der Waals surface area contributed by atoms with Crippen LogP contribution in [0.25, 0.3) is 5.57 Å². The zero-order chi connectivity index (χ0) is 23.5. The first-order valence-corrected chi connectivity index (χ1v) is 13.6. The van der Waals surface area contributed by atoms with Crippen LogP contribution in [0.4, 0.5) is 5.69 Å². The predicted molar refractivity (Wildman–Crippen MR) is 137 cm³/mol. The summed E-state index contributed by atoms with van der Waals surface area (Å²) in [6.07, 6.45) is 11.0. The molecule has 0 radical (unpaired) electrons. The third-order valence-electron chi connectivity index (χ3n) is 6.69. The molecule has 0 aromatic heterocycles. The molecule has 1 aliphatic carbocycles. The van der Waals surface area contributed by atoms with Crippen LogP contribution in [0, 0.1) is 5.41 Å². The minimum absolute atomic E-state index is 0.0971. The van der Waals surface area contributed by atoms with Crippen LogP contribution < -0.4 is 4.90 Å². The third-order valence-corrected chi connectivity index (χ3v) is 8.87. The van der Waals surface area contributed by atoms with Crippen LogP contribution in [0.5, 0.6) is 0 Å². The van der Waals surface area contributed by atoms with Gasteiger partial charge in [-0.05, 0) is 70.6 Å². The van der Waals surface area contributed by atoms with Gasteiger partial charge in [0.1, 0.15) is 5.76 Å². The first-order valence-electron chi connectivity index (χ1n) is 11.7. The van der Waals surface area contributed by atoms with Gasteiger partial charge in [-0.2, -0.15) is 0 Å². The molecule has 0 bridgehead atoms. The van der Waals surface area contributed by atoms with Crippen LogP contribution in [0.1, 0.15) is 64.4 Å². The van der Waals surface area contributed by atoms with E-state index in [0.29, 0.717) is 22.6 Å². The second-order valence-corrected chi connectivity index (χ2v) is 11.8. The van der Waals surface area contributed by atoms with E-state index in [0.717, 1.165) is 55.3 Å². The Hall–Kier alpha value is -2.27. The van der Waals surface area contributed by atoms with Gasteiger partial charge in [0.2, 0.25) is 0 Å². The molecule has 4 nitrogen and oxygen atoms in total. The summed E-state index contributed by atoms with van der Waals surface area (Å²) < 4.78 is 14.1. The highest BCUT2D eigenvalue weighted by atomic mass is 32.2. The van der Waals surface area contributed by atoms with E-state index in [1.807, 2.05) is 43.3 Å². The summed E-state index contributed by atoms with van der Waals surface area (Å²) in [5, 5.41) is 9.88. The fraction of sp³-hybridized carbons (Fsp3) is 0.481. The van der Waals surface area contributed by atoms with Crippen LogP contribution in [-0.2, 0) is 14.3 Å². The SMILES string of the molecule is C=S1(=O)CC(CCCC)(CCCC)C(=O)/C(=C2\C=CC(O)=CC2)c2cc(N(C)C)ccc21. The Kier molecular flexibility index (Phi) is 7.39. The molecule has 1 aromatic rings. The molecule has 2 aliphatic rings. The third kappa shape index (κ3) is 4.73. The largest absolute Gasteiger partial charge is 0.508 e. The van der Waals surface area contributed by atoms with Crippen LogP contribution in [0.3, 0.4) is 0 Å². The number of carbonyl (C=O) groups excluding carboxylic acids is 1. The molecule has 1 N–H and O–H groups in total. The summed E-state index contributed by atoms with van der Waals surface area (Å²) in [6, 6.07) is 5.86. The van der Waals surface area contributed by atoms with Crippen LogP contribution in [-0.4, -0.2) is 40.8 Å².